The van der Waals surface area contributed by atoms with Gasteiger partial charge in [0.15, 0.2) is 0 Å². The van der Waals surface area contributed by atoms with Gasteiger partial charge < -0.3 is 4.52 Å². The Morgan fingerprint density at radius 1 is 1.07 bits per heavy atom. The van der Waals surface area contributed by atoms with Gasteiger partial charge in [0.25, 0.3) is 0 Å². The van der Waals surface area contributed by atoms with Crippen LogP contribution in [-0.2, 0) is 13.1 Å². The Morgan fingerprint density at radius 2 is 1.86 bits per heavy atom. The van der Waals surface area contributed by atoms with Crippen molar-refractivity contribution in [1.29, 1.82) is 0 Å². The van der Waals surface area contributed by atoms with Crippen LogP contribution in [0.15, 0.2) is 71.6 Å². The Hall–Kier alpha value is -2.96. The molecule has 0 amide bonds. The SMILES string of the molecule is CN(Cc1ccon1)Cc1cn(-c2ccc(F)cc2)nc1-c1ccccc1Cl. The molecular weight excluding hydrogens is 379 g/mol. The third-order valence-corrected chi connectivity index (χ3v) is 4.70. The normalized spacial score (nSPS) is 11.3. The third-order valence-electron chi connectivity index (χ3n) is 4.37. The van der Waals surface area contributed by atoms with E-state index in [0.29, 0.717) is 18.1 Å². The molecule has 142 valence electrons. The molecule has 28 heavy (non-hydrogen) atoms. The van der Waals surface area contributed by atoms with E-state index in [1.807, 2.05) is 43.6 Å². The van der Waals surface area contributed by atoms with Crippen molar-refractivity contribution < 1.29 is 8.91 Å². The molecule has 5 nitrogen and oxygen atoms in total. The summed E-state index contributed by atoms with van der Waals surface area (Å²) in [5, 5.41) is 9.33. The highest BCUT2D eigenvalue weighted by Gasteiger charge is 2.16. The highest BCUT2D eigenvalue weighted by Crippen LogP contribution is 2.30. The van der Waals surface area contributed by atoms with Crippen molar-refractivity contribution in [2.75, 3.05) is 7.05 Å². The van der Waals surface area contributed by atoms with E-state index in [2.05, 4.69) is 10.1 Å². The van der Waals surface area contributed by atoms with Crippen LogP contribution in [0.4, 0.5) is 4.39 Å². The summed E-state index contributed by atoms with van der Waals surface area (Å²) in [6.07, 6.45) is 3.51. The Bertz CT molecular complexity index is 1060. The second-order valence-electron chi connectivity index (χ2n) is 6.57. The van der Waals surface area contributed by atoms with E-state index in [4.69, 9.17) is 21.2 Å². The van der Waals surface area contributed by atoms with Gasteiger partial charge in [0.2, 0.25) is 0 Å². The summed E-state index contributed by atoms with van der Waals surface area (Å²) in [6.45, 7) is 1.27. The molecule has 0 bridgehead atoms. The monoisotopic (exact) mass is 396 g/mol. The molecule has 0 aliphatic heterocycles. The molecule has 0 spiro atoms. The van der Waals surface area contributed by atoms with Gasteiger partial charge in [0.1, 0.15) is 12.1 Å². The average Bonchev–Trinajstić information content (AvgIpc) is 3.33. The summed E-state index contributed by atoms with van der Waals surface area (Å²) in [5.74, 6) is -0.283. The molecular formula is C21H18ClFN4O. The molecule has 7 heteroatoms. The van der Waals surface area contributed by atoms with E-state index in [1.54, 1.807) is 23.1 Å². The average molecular weight is 397 g/mol. The van der Waals surface area contributed by atoms with Gasteiger partial charge in [0, 0.05) is 36.5 Å². The molecule has 0 saturated heterocycles. The number of nitrogens with zero attached hydrogens (tertiary/aromatic N) is 4. The molecule has 2 aromatic carbocycles. The van der Waals surface area contributed by atoms with Gasteiger partial charge in [-0.15, -0.1) is 0 Å². The van der Waals surface area contributed by atoms with Crippen molar-refractivity contribution >= 4 is 11.6 Å². The van der Waals surface area contributed by atoms with Crippen molar-refractivity contribution in [2.45, 2.75) is 13.1 Å². The molecule has 2 aromatic heterocycles. The second kappa shape index (κ2) is 7.96. The minimum Gasteiger partial charge on any atom is -0.364 e. The lowest BCUT2D eigenvalue weighted by atomic mass is 10.1. The van der Waals surface area contributed by atoms with E-state index in [0.717, 1.165) is 28.2 Å². The van der Waals surface area contributed by atoms with Crippen molar-refractivity contribution in [2.24, 2.45) is 0 Å². The minimum absolute atomic E-state index is 0.283. The van der Waals surface area contributed by atoms with Gasteiger partial charge >= 0.3 is 0 Å². The van der Waals surface area contributed by atoms with Crippen LogP contribution < -0.4 is 0 Å². The van der Waals surface area contributed by atoms with Gasteiger partial charge in [-0.3, -0.25) is 4.90 Å². The zero-order valence-electron chi connectivity index (χ0n) is 15.2. The van der Waals surface area contributed by atoms with E-state index in [9.17, 15) is 4.39 Å². The predicted octanol–water partition coefficient (Wildman–Crippen LogP) is 4.95. The van der Waals surface area contributed by atoms with E-state index in [-0.39, 0.29) is 5.82 Å². The van der Waals surface area contributed by atoms with Gasteiger partial charge in [-0.1, -0.05) is 35.0 Å². The maximum atomic E-state index is 13.3. The standard InChI is InChI=1S/C21H18ClFN4O/c1-26(14-17-10-11-28-25-17)12-15-13-27(18-8-6-16(23)7-9-18)24-21(15)19-4-2-3-5-20(19)22/h2-11,13H,12,14H2,1H3. The van der Waals surface area contributed by atoms with Crippen LogP contribution in [-0.4, -0.2) is 26.9 Å². The lowest BCUT2D eigenvalue weighted by Crippen LogP contribution is -2.17. The summed E-state index contributed by atoms with van der Waals surface area (Å²) < 4.78 is 19.9. The molecule has 0 N–H and O–H groups in total. The maximum absolute atomic E-state index is 13.3. The largest absolute Gasteiger partial charge is 0.364 e. The fourth-order valence-electron chi connectivity index (χ4n) is 3.07. The molecule has 0 atom stereocenters. The molecule has 0 saturated carbocycles. The summed E-state index contributed by atoms with van der Waals surface area (Å²) in [5.41, 5.74) is 4.29. The molecule has 0 aliphatic rings. The molecule has 2 heterocycles. The van der Waals surface area contributed by atoms with Crippen molar-refractivity contribution in [1.82, 2.24) is 19.8 Å². The van der Waals surface area contributed by atoms with E-state index >= 15 is 0 Å². The van der Waals surface area contributed by atoms with Crippen LogP contribution in [0.1, 0.15) is 11.3 Å². The number of benzene rings is 2. The molecule has 0 aliphatic carbocycles. The predicted molar refractivity (Wildman–Crippen MR) is 106 cm³/mol. The number of hydrogen-bond donors (Lipinski definition) is 0. The third kappa shape index (κ3) is 3.98. The lowest BCUT2D eigenvalue weighted by molar-refractivity contribution is 0.304. The van der Waals surface area contributed by atoms with Crippen LogP contribution >= 0.6 is 11.6 Å². The van der Waals surface area contributed by atoms with Crippen LogP contribution in [0, 0.1) is 5.82 Å². The topological polar surface area (TPSA) is 47.1 Å². The first-order valence-electron chi connectivity index (χ1n) is 8.77. The van der Waals surface area contributed by atoms with Crippen LogP contribution in [0.25, 0.3) is 16.9 Å². The van der Waals surface area contributed by atoms with E-state index < -0.39 is 0 Å². The fraction of sp³-hybridized carbons (Fsp3) is 0.143. The number of hydrogen-bond acceptors (Lipinski definition) is 4. The molecule has 0 radical (unpaired) electrons. The smallest absolute Gasteiger partial charge is 0.124 e. The van der Waals surface area contributed by atoms with Crippen LogP contribution in [0.2, 0.25) is 5.02 Å². The second-order valence-corrected chi connectivity index (χ2v) is 6.97. The highest BCUT2D eigenvalue weighted by atomic mass is 35.5. The Morgan fingerprint density at radius 3 is 2.57 bits per heavy atom. The Labute approximate surface area is 166 Å². The quantitative estimate of drug-likeness (QED) is 0.462. The zero-order valence-corrected chi connectivity index (χ0v) is 16.0. The highest BCUT2D eigenvalue weighted by molar-refractivity contribution is 6.33. The molecule has 4 aromatic rings. The van der Waals surface area contributed by atoms with Gasteiger partial charge in [-0.05, 0) is 37.4 Å². The lowest BCUT2D eigenvalue weighted by Gasteiger charge is -2.15. The number of halogens is 2. The molecule has 4 rings (SSSR count). The number of aromatic nitrogens is 3. The summed E-state index contributed by atoms with van der Waals surface area (Å²) in [7, 11) is 2.00. The first kappa shape index (κ1) is 18.4. The fourth-order valence-corrected chi connectivity index (χ4v) is 3.30. The van der Waals surface area contributed by atoms with Gasteiger partial charge in [-0.25, -0.2) is 9.07 Å². The van der Waals surface area contributed by atoms with Crippen molar-refractivity contribution in [3.8, 4) is 16.9 Å². The van der Waals surface area contributed by atoms with Crippen molar-refractivity contribution in [3.63, 3.8) is 0 Å². The number of rotatable bonds is 6. The summed E-state index contributed by atoms with van der Waals surface area (Å²) in [6, 6.07) is 15.7. The van der Waals surface area contributed by atoms with Crippen LogP contribution in [0.5, 0.6) is 0 Å². The maximum Gasteiger partial charge on any atom is 0.124 e. The van der Waals surface area contributed by atoms with Gasteiger partial charge in [0.05, 0.1) is 22.1 Å². The van der Waals surface area contributed by atoms with Crippen molar-refractivity contribution in [3.05, 3.63) is 89.2 Å². The molecule has 0 fully saturated rings. The minimum atomic E-state index is -0.283. The molecule has 0 unspecified atom stereocenters. The van der Waals surface area contributed by atoms with E-state index in [1.165, 1.54) is 12.1 Å². The van der Waals surface area contributed by atoms with Crippen LogP contribution in [0.3, 0.4) is 0 Å². The summed E-state index contributed by atoms with van der Waals surface area (Å²) >= 11 is 6.42. The summed E-state index contributed by atoms with van der Waals surface area (Å²) in [4.78, 5) is 2.12. The Kier molecular flexibility index (Phi) is 5.23. The first-order chi connectivity index (χ1) is 13.6. The first-order valence-corrected chi connectivity index (χ1v) is 9.15. The Balaban J connectivity index is 1.70. The van der Waals surface area contributed by atoms with Gasteiger partial charge in [-0.2, -0.15) is 5.10 Å². The zero-order chi connectivity index (χ0) is 19.5.